The summed E-state index contributed by atoms with van der Waals surface area (Å²) in [6.45, 7) is 3.42. The van der Waals surface area contributed by atoms with E-state index in [4.69, 9.17) is 10.5 Å². The van der Waals surface area contributed by atoms with Crippen LogP contribution in [0.25, 0.3) is 0 Å². The molecule has 42 heavy (non-hydrogen) atoms. The highest BCUT2D eigenvalue weighted by Gasteiger charge is 2.40. The van der Waals surface area contributed by atoms with Crippen LogP contribution in [0.3, 0.4) is 0 Å². The van der Waals surface area contributed by atoms with E-state index in [2.05, 4.69) is 5.32 Å². The van der Waals surface area contributed by atoms with Gasteiger partial charge >= 0.3 is 6.09 Å². The molecule has 1 fully saturated rings. The lowest BCUT2D eigenvalue weighted by molar-refractivity contribution is -0.129. The van der Waals surface area contributed by atoms with Crippen molar-refractivity contribution >= 4 is 33.4 Å². The van der Waals surface area contributed by atoms with Crippen LogP contribution in [0.2, 0.25) is 0 Å². The van der Waals surface area contributed by atoms with E-state index in [0.29, 0.717) is 5.69 Å². The van der Waals surface area contributed by atoms with Gasteiger partial charge in [-0.3, -0.25) is 9.69 Å². The normalized spacial score (nSPS) is 16.8. The monoisotopic (exact) mass is 596 g/mol. The molecule has 3 aromatic rings. The fraction of sp³-hybridized carbons (Fsp3) is 0.333. The lowest BCUT2D eigenvalue weighted by Gasteiger charge is -2.31. The topological polar surface area (TPSA) is 163 Å². The number of hydrogen-bond donors (Lipinski definition) is 4. The number of phenols is 1. The fourth-order valence-corrected chi connectivity index (χ4v) is 6.34. The molecular weight excluding hydrogens is 560 g/mol. The lowest BCUT2D eigenvalue weighted by Crippen LogP contribution is -2.53. The van der Waals surface area contributed by atoms with E-state index in [-0.39, 0.29) is 48.3 Å². The summed E-state index contributed by atoms with van der Waals surface area (Å²) in [6, 6.07) is 20.2. The first-order chi connectivity index (χ1) is 20.0. The smallest absolute Gasteiger partial charge is 0.415 e. The predicted octanol–water partition coefficient (Wildman–Crippen LogP) is 2.73. The van der Waals surface area contributed by atoms with Gasteiger partial charge in [-0.05, 0) is 54.3 Å². The van der Waals surface area contributed by atoms with Gasteiger partial charge in [-0.1, -0.05) is 56.3 Å². The summed E-state index contributed by atoms with van der Waals surface area (Å²) in [5.74, 6) is -0.847. The molecule has 0 spiro atoms. The molecule has 3 aromatic carbocycles. The molecule has 4 rings (SSSR count). The number of sulfonamides is 1. The second-order valence-corrected chi connectivity index (χ2v) is 12.6. The highest BCUT2D eigenvalue weighted by atomic mass is 32.2. The number of benzene rings is 3. The number of para-hydroxylation sites is 2. The van der Waals surface area contributed by atoms with Gasteiger partial charge in [-0.25, -0.2) is 13.2 Å². The maximum absolute atomic E-state index is 13.6. The number of phenolic OH excluding ortho intramolecular Hbond substituents is 1. The molecule has 1 saturated heterocycles. The number of nitrogens with one attached hydrogen (secondary N) is 1. The number of carbonyl (C=O) groups excluding carboxylic acids is 2. The number of amides is 2. The number of nitrogens with zero attached hydrogens (tertiary/aromatic N) is 2. The minimum atomic E-state index is -4.00. The van der Waals surface area contributed by atoms with E-state index < -0.39 is 40.3 Å². The predicted molar refractivity (Wildman–Crippen MR) is 158 cm³/mol. The van der Waals surface area contributed by atoms with Crippen LogP contribution in [0.15, 0.2) is 83.8 Å². The summed E-state index contributed by atoms with van der Waals surface area (Å²) in [7, 11) is -4.00. The second kappa shape index (κ2) is 13.2. The Morgan fingerprint density at radius 1 is 1.05 bits per heavy atom. The van der Waals surface area contributed by atoms with E-state index in [0.717, 1.165) is 10.5 Å². The molecular formula is C30H36N4O7S. The molecule has 0 radical (unpaired) electrons. The number of nitrogen functional groups attached to an aromatic ring is 1. The molecule has 1 aliphatic heterocycles. The highest BCUT2D eigenvalue weighted by Crippen LogP contribution is 2.30. The number of cyclic esters (lactones) is 1. The third-order valence-corrected chi connectivity index (χ3v) is 8.69. The van der Waals surface area contributed by atoms with Crippen LogP contribution < -0.4 is 16.0 Å². The van der Waals surface area contributed by atoms with Gasteiger partial charge in [-0.2, -0.15) is 4.31 Å². The van der Waals surface area contributed by atoms with Crippen LogP contribution >= 0.6 is 0 Å². The quantitative estimate of drug-likeness (QED) is 0.232. The van der Waals surface area contributed by atoms with Crippen molar-refractivity contribution in [3.8, 4) is 5.75 Å². The summed E-state index contributed by atoms with van der Waals surface area (Å²) in [5.41, 5.74) is 7.17. The maximum Gasteiger partial charge on any atom is 0.415 e. The lowest BCUT2D eigenvalue weighted by atomic mass is 10.0. The van der Waals surface area contributed by atoms with Crippen LogP contribution in [0.1, 0.15) is 19.4 Å². The summed E-state index contributed by atoms with van der Waals surface area (Å²) in [5, 5.41) is 24.4. The number of aliphatic hydroxyl groups excluding tert-OH is 1. The molecule has 0 unspecified atom stereocenters. The van der Waals surface area contributed by atoms with Crippen molar-refractivity contribution in [1.82, 2.24) is 9.62 Å². The molecule has 11 nitrogen and oxygen atoms in total. The van der Waals surface area contributed by atoms with Gasteiger partial charge in [0.25, 0.3) is 5.91 Å². The molecule has 0 bridgehead atoms. The molecule has 0 aliphatic carbocycles. The van der Waals surface area contributed by atoms with Crippen molar-refractivity contribution in [1.29, 1.82) is 0 Å². The van der Waals surface area contributed by atoms with Gasteiger partial charge in [0.1, 0.15) is 5.75 Å². The van der Waals surface area contributed by atoms with Gasteiger partial charge in [-0.15, -0.1) is 0 Å². The first-order valence-electron chi connectivity index (χ1n) is 13.6. The number of anilines is 2. The number of aromatic hydroxyl groups is 1. The number of carbonyl (C=O) groups is 2. The van der Waals surface area contributed by atoms with Gasteiger partial charge in [0.2, 0.25) is 10.0 Å². The number of nitrogens with two attached hydrogens (primary N) is 1. The third-order valence-electron chi connectivity index (χ3n) is 6.84. The molecule has 0 saturated carbocycles. The third kappa shape index (κ3) is 7.38. The Hall–Kier alpha value is -4.13. The van der Waals surface area contributed by atoms with Gasteiger partial charge in [0.15, 0.2) is 6.10 Å². The van der Waals surface area contributed by atoms with Crippen molar-refractivity contribution in [2.75, 3.05) is 30.3 Å². The number of aliphatic hydroxyl groups is 1. The van der Waals surface area contributed by atoms with Crippen LogP contribution in [0, 0.1) is 5.92 Å². The second-order valence-electron chi connectivity index (χ2n) is 10.6. The first-order valence-corrected chi connectivity index (χ1v) is 15.0. The van der Waals surface area contributed by atoms with Crippen LogP contribution in [0.5, 0.6) is 5.75 Å². The molecule has 1 heterocycles. The van der Waals surface area contributed by atoms with Crippen molar-refractivity contribution in [3.63, 3.8) is 0 Å². The Bertz CT molecular complexity index is 1480. The van der Waals surface area contributed by atoms with Crippen molar-refractivity contribution in [2.24, 2.45) is 5.92 Å². The number of ether oxygens (including phenoxy) is 1. The van der Waals surface area contributed by atoms with Crippen molar-refractivity contribution in [3.05, 3.63) is 84.4 Å². The summed E-state index contributed by atoms with van der Waals surface area (Å²) >= 11 is 0. The largest absolute Gasteiger partial charge is 0.506 e. The summed E-state index contributed by atoms with van der Waals surface area (Å²) < 4.78 is 33.6. The first kappa shape index (κ1) is 30.8. The van der Waals surface area contributed by atoms with E-state index in [1.807, 2.05) is 44.2 Å². The molecule has 2 amide bonds. The highest BCUT2D eigenvalue weighted by molar-refractivity contribution is 7.89. The van der Waals surface area contributed by atoms with E-state index in [1.54, 1.807) is 12.1 Å². The molecule has 224 valence electrons. The SMILES string of the molecule is CC(C)CN(C[C@@H](O)[C@H](Cc1ccccc1)NC(=O)[C@@H]1CN(c2ccccc2O)C(=O)O1)S(=O)(=O)c1ccc(N)cc1. The van der Waals surface area contributed by atoms with Gasteiger partial charge in [0, 0.05) is 18.8 Å². The van der Waals surface area contributed by atoms with Crippen molar-refractivity contribution in [2.45, 2.75) is 43.4 Å². The Morgan fingerprint density at radius 3 is 2.33 bits per heavy atom. The van der Waals surface area contributed by atoms with E-state index in [1.165, 1.54) is 40.7 Å². The zero-order valence-corrected chi connectivity index (χ0v) is 24.3. The van der Waals surface area contributed by atoms with Gasteiger partial charge < -0.3 is 26.0 Å². The van der Waals surface area contributed by atoms with Crippen molar-refractivity contribution < 1.29 is 33.0 Å². The maximum atomic E-state index is 13.6. The number of rotatable bonds is 12. The fourth-order valence-electron chi connectivity index (χ4n) is 4.72. The summed E-state index contributed by atoms with van der Waals surface area (Å²) in [4.78, 5) is 27.1. The Kier molecular flexibility index (Phi) is 9.71. The molecule has 5 N–H and O–H groups in total. The molecule has 0 aromatic heterocycles. The van der Waals surface area contributed by atoms with Crippen LogP contribution in [-0.4, -0.2) is 72.8 Å². The average molecular weight is 597 g/mol. The zero-order chi connectivity index (χ0) is 30.4. The van der Waals surface area contributed by atoms with Crippen LogP contribution in [-0.2, 0) is 26.0 Å². The van der Waals surface area contributed by atoms with E-state index >= 15 is 0 Å². The Labute approximate surface area is 245 Å². The average Bonchev–Trinajstić information content (AvgIpc) is 3.34. The Balaban J connectivity index is 1.55. The molecule has 1 aliphatic rings. The van der Waals surface area contributed by atoms with Gasteiger partial charge in [0.05, 0.1) is 29.3 Å². The minimum absolute atomic E-state index is 0.0373. The molecule has 3 atom stereocenters. The standard InChI is InChI=1S/C30H36N4O7S/c1-20(2)17-33(42(39,40)23-14-12-22(31)13-15-23)18-27(36)24(16-21-8-4-3-5-9-21)32-29(37)28-19-34(30(38)41-28)25-10-6-7-11-26(25)35/h3-15,20,24,27-28,35-36H,16-19,31H2,1-2H3,(H,32,37)/t24-,27+,28-/m0/s1. The zero-order valence-electron chi connectivity index (χ0n) is 23.5. The van der Waals surface area contributed by atoms with E-state index in [9.17, 15) is 28.2 Å². The molecule has 12 heteroatoms. The Morgan fingerprint density at radius 2 is 1.69 bits per heavy atom. The summed E-state index contributed by atoms with van der Waals surface area (Å²) in [6.07, 6.45) is -3.14. The van der Waals surface area contributed by atoms with Crippen LogP contribution in [0.4, 0.5) is 16.2 Å². The number of hydrogen-bond acceptors (Lipinski definition) is 8. The minimum Gasteiger partial charge on any atom is -0.506 e.